The van der Waals surface area contributed by atoms with Gasteiger partial charge in [0, 0.05) is 11.6 Å². The molecule has 0 bridgehead atoms. The van der Waals surface area contributed by atoms with Crippen LogP contribution >= 0.6 is 15.9 Å². The molecule has 1 aliphatic carbocycles. The van der Waals surface area contributed by atoms with E-state index in [2.05, 4.69) is 28.2 Å². The second kappa shape index (κ2) is 3.85. The van der Waals surface area contributed by atoms with Crippen molar-refractivity contribution in [1.29, 1.82) is 0 Å². The van der Waals surface area contributed by atoms with Crippen molar-refractivity contribution in [3.63, 3.8) is 0 Å². The van der Waals surface area contributed by atoms with Gasteiger partial charge < -0.3 is 10.4 Å². The van der Waals surface area contributed by atoms with E-state index in [0.717, 1.165) is 6.42 Å². The predicted octanol–water partition coefficient (Wildman–Crippen LogP) is 2.29. The SMILES string of the molecule is CC1CC1NC(=O)c1ccc(Br)c(O)c1. The summed E-state index contributed by atoms with van der Waals surface area (Å²) in [6, 6.07) is 5.13. The molecule has 0 saturated heterocycles. The van der Waals surface area contributed by atoms with Crippen molar-refractivity contribution >= 4 is 21.8 Å². The normalized spacial score (nSPS) is 23.6. The molecule has 1 aromatic rings. The predicted molar refractivity (Wildman–Crippen MR) is 60.8 cm³/mol. The Balaban J connectivity index is 2.08. The van der Waals surface area contributed by atoms with E-state index in [1.54, 1.807) is 12.1 Å². The van der Waals surface area contributed by atoms with E-state index < -0.39 is 0 Å². The molecule has 0 radical (unpaired) electrons. The van der Waals surface area contributed by atoms with Gasteiger partial charge in [-0.2, -0.15) is 0 Å². The molecule has 2 rings (SSSR count). The largest absolute Gasteiger partial charge is 0.507 e. The molecule has 1 aromatic carbocycles. The monoisotopic (exact) mass is 269 g/mol. The minimum Gasteiger partial charge on any atom is -0.507 e. The van der Waals surface area contributed by atoms with Crippen LogP contribution in [0.15, 0.2) is 22.7 Å². The van der Waals surface area contributed by atoms with E-state index in [4.69, 9.17) is 0 Å². The molecule has 0 aromatic heterocycles. The number of rotatable bonds is 2. The average Bonchev–Trinajstić information content (AvgIpc) is 2.86. The zero-order valence-electron chi connectivity index (χ0n) is 8.33. The van der Waals surface area contributed by atoms with Crippen LogP contribution in [-0.4, -0.2) is 17.1 Å². The summed E-state index contributed by atoms with van der Waals surface area (Å²) in [6.07, 6.45) is 1.05. The molecule has 1 amide bonds. The van der Waals surface area contributed by atoms with Crippen LogP contribution in [-0.2, 0) is 0 Å². The lowest BCUT2D eigenvalue weighted by atomic mass is 10.2. The number of hydrogen-bond donors (Lipinski definition) is 2. The maximum atomic E-state index is 11.7. The zero-order chi connectivity index (χ0) is 11.0. The first-order valence-corrected chi connectivity index (χ1v) is 5.66. The van der Waals surface area contributed by atoms with Gasteiger partial charge in [-0.1, -0.05) is 6.92 Å². The molecule has 0 spiro atoms. The summed E-state index contributed by atoms with van der Waals surface area (Å²) in [7, 11) is 0. The van der Waals surface area contributed by atoms with E-state index in [0.29, 0.717) is 22.0 Å². The van der Waals surface area contributed by atoms with E-state index in [-0.39, 0.29) is 11.7 Å². The topological polar surface area (TPSA) is 49.3 Å². The number of halogens is 1. The summed E-state index contributed by atoms with van der Waals surface area (Å²) in [6.45, 7) is 2.10. The number of phenols is 1. The van der Waals surface area contributed by atoms with Gasteiger partial charge in [0.15, 0.2) is 0 Å². The third kappa shape index (κ3) is 2.31. The summed E-state index contributed by atoms with van der Waals surface area (Å²) < 4.78 is 0.596. The molecule has 1 fully saturated rings. The highest BCUT2D eigenvalue weighted by Crippen LogP contribution is 2.30. The van der Waals surface area contributed by atoms with Gasteiger partial charge in [0.25, 0.3) is 5.91 Å². The quantitative estimate of drug-likeness (QED) is 0.866. The summed E-state index contributed by atoms with van der Waals surface area (Å²) in [5.74, 6) is 0.552. The Morgan fingerprint density at radius 3 is 2.80 bits per heavy atom. The molecule has 2 unspecified atom stereocenters. The highest BCUT2D eigenvalue weighted by Gasteiger charge is 2.33. The van der Waals surface area contributed by atoms with Crippen LogP contribution < -0.4 is 5.32 Å². The molecule has 1 saturated carbocycles. The van der Waals surface area contributed by atoms with Crippen molar-refractivity contribution in [1.82, 2.24) is 5.32 Å². The van der Waals surface area contributed by atoms with Gasteiger partial charge in [0.1, 0.15) is 5.75 Å². The molecular formula is C11H12BrNO2. The molecule has 2 N–H and O–H groups in total. The Labute approximate surface area is 96.6 Å². The van der Waals surface area contributed by atoms with Gasteiger partial charge in [-0.15, -0.1) is 0 Å². The minimum atomic E-state index is -0.118. The van der Waals surface area contributed by atoms with E-state index in [9.17, 15) is 9.90 Å². The maximum absolute atomic E-state index is 11.7. The highest BCUT2D eigenvalue weighted by molar-refractivity contribution is 9.10. The molecular weight excluding hydrogens is 258 g/mol. The van der Waals surface area contributed by atoms with Gasteiger partial charge in [-0.25, -0.2) is 0 Å². The van der Waals surface area contributed by atoms with Crippen molar-refractivity contribution in [2.45, 2.75) is 19.4 Å². The van der Waals surface area contributed by atoms with E-state index >= 15 is 0 Å². The molecule has 3 nitrogen and oxygen atoms in total. The van der Waals surface area contributed by atoms with E-state index in [1.807, 2.05) is 0 Å². The Hall–Kier alpha value is -1.03. The minimum absolute atomic E-state index is 0.0893. The van der Waals surface area contributed by atoms with Gasteiger partial charge in [-0.05, 0) is 46.5 Å². The van der Waals surface area contributed by atoms with Crippen LogP contribution in [0.2, 0.25) is 0 Å². The van der Waals surface area contributed by atoms with Crippen LogP contribution in [0.4, 0.5) is 0 Å². The maximum Gasteiger partial charge on any atom is 0.251 e. The molecule has 0 aliphatic heterocycles. The number of hydrogen-bond acceptors (Lipinski definition) is 2. The van der Waals surface area contributed by atoms with Crippen molar-refractivity contribution < 1.29 is 9.90 Å². The summed E-state index contributed by atoms with van der Waals surface area (Å²) in [5.41, 5.74) is 0.495. The van der Waals surface area contributed by atoms with Crippen molar-refractivity contribution in [3.8, 4) is 5.75 Å². The fourth-order valence-corrected chi connectivity index (χ4v) is 1.68. The Bertz CT molecular complexity index is 406. The second-order valence-electron chi connectivity index (χ2n) is 3.96. The lowest BCUT2D eigenvalue weighted by molar-refractivity contribution is 0.0949. The molecule has 2 atom stereocenters. The van der Waals surface area contributed by atoms with Crippen molar-refractivity contribution in [3.05, 3.63) is 28.2 Å². The zero-order valence-corrected chi connectivity index (χ0v) is 9.91. The molecule has 15 heavy (non-hydrogen) atoms. The van der Waals surface area contributed by atoms with Crippen LogP contribution in [0.25, 0.3) is 0 Å². The second-order valence-corrected chi connectivity index (χ2v) is 4.81. The summed E-state index contributed by atoms with van der Waals surface area (Å²) >= 11 is 3.17. The van der Waals surface area contributed by atoms with Crippen LogP contribution in [0, 0.1) is 5.92 Å². The number of carbonyl (C=O) groups excluding carboxylic acids is 1. The Morgan fingerprint density at radius 2 is 2.27 bits per heavy atom. The molecule has 1 aliphatic rings. The molecule has 80 valence electrons. The number of nitrogens with one attached hydrogen (secondary N) is 1. The Morgan fingerprint density at radius 1 is 1.60 bits per heavy atom. The number of phenolic OH excluding ortho intramolecular Hbond substituents is 1. The van der Waals surface area contributed by atoms with Crippen molar-refractivity contribution in [2.24, 2.45) is 5.92 Å². The lowest BCUT2D eigenvalue weighted by Gasteiger charge is -2.04. The first kappa shape index (κ1) is 10.5. The third-order valence-corrected chi connectivity index (χ3v) is 3.30. The number of carbonyl (C=O) groups is 1. The Kier molecular flexibility index (Phi) is 2.69. The first-order chi connectivity index (χ1) is 7.08. The number of benzene rings is 1. The molecule has 4 heteroatoms. The fourth-order valence-electron chi connectivity index (χ4n) is 1.43. The lowest BCUT2D eigenvalue weighted by Crippen LogP contribution is -2.26. The third-order valence-electron chi connectivity index (χ3n) is 2.63. The highest BCUT2D eigenvalue weighted by atomic mass is 79.9. The van der Waals surface area contributed by atoms with Gasteiger partial charge in [0.2, 0.25) is 0 Å². The van der Waals surface area contributed by atoms with E-state index in [1.165, 1.54) is 6.07 Å². The van der Waals surface area contributed by atoms with Crippen molar-refractivity contribution in [2.75, 3.05) is 0 Å². The fraction of sp³-hybridized carbons (Fsp3) is 0.364. The summed E-state index contributed by atoms with van der Waals surface area (Å²) in [5, 5.41) is 12.3. The van der Waals surface area contributed by atoms with Crippen LogP contribution in [0.5, 0.6) is 5.75 Å². The van der Waals surface area contributed by atoms with Crippen LogP contribution in [0.1, 0.15) is 23.7 Å². The van der Waals surface area contributed by atoms with Crippen LogP contribution in [0.3, 0.4) is 0 Å². The number of amides is 1. The first-order valence-electron chi connectivity index (χ1n) is 4.87. The van der Waals surface area contributed by atoms with Gasteiger partial charge in [-0.3, -0.25) is 4.79 Å². The number of aromatic hydroxyl groups is 1. The molecule has 0 heterocycles. The van der Waals surface area contributed by atoms with Gasteiger partial charge in [0.05, 0.1) is 4.47 Å². The average molecular weight is 270 g/mol. The standard InChI is InChI=1S/C11H12BrNO2/c1-6-4-9(6)13-11(15)7-2-3-8(12)10(14)5-7/h2-3,5-6,9,14H,4H2,1H3,(H,13,15). The summed E-state index contributed by atoms with van der Waals surface area (Å²) in [4.78, 5) is 11.7. The smallest absolute Gasteiger partial charge is 0.251 e. The van der Waals surface area contributed by atoms with Gasteiger partial charge >= 0.3 is 0 Å².